The highest BCUT2D eigenvalue weighted by Crippen LogP contribution is 2.19. The van der Waals surface area contributed by atoms with Gasteiger partial charge in [-0.1, -0.05) is 0 Å². The molecule has 0 saturated carbocycles. The van der Waals surface area contributed by atoms with Crippen molar-refractivity contribution in [2.75, 3.05) is 24.2 Å². The van der Waals surface area contributed by atoms with Gasteiger partial charge in [-0.25, -0.2) is 8.42 Å². The lowest BCUT2D eigenvalue weighted by Crippen LogP contribution is -2.33. The van der Waals surface area contributed by atoms with Crippen molar-refractivity contribution < 1.29 is 18.0 Å². The van der Waals surface area contributed by atoms with E-state index in [0.717, 1.165) is 0 Å². The van der Waals surface area contributed by atoms with Crippen molar-refractivity contribution in [2.45, 2.75) is 24.8 Å². The van der Waals surface area contributed by atoms with Gasteiger partial charge >= 0.3 is 0 Å². The average molecular weight is 404 g/mol. The van der Waals surface area contributed by atoms with Crippen molar-refractivity contribution in [1.29, 1.82) is 0 Å². The van der Waals surface area contributed by atoms with Gasteiger partial charge in [-0.2, -0.15) is 4.31 Å². The molecule has 0 atom stereocenters. The molecule has 2 rings (SSSR count). The van der Waals surface area contributed by atoms with E-state index in [1.807, 2.05) is 0 Å². The molecule has 0 aliphatic heterocycles. The van der Waals surface area contributed by atoms with Crippen LogP contribution >= 0.6 is 0 Å². The summed E-state index contributed by atoms with van der Waals surface area (Å²) in [7, 11) is -2.01. The molecule has 0 radical (unpaired) electrons. The number of anilines is 2. The molecule has 28 heavy (non-hydrogen) atoms. The third-order valence-electron chi connectivity index (χ3n) is 4.16. The van der Waals surface area contributed by atoms with Gasteiger partial charge in [0, 0.05) is 30.0 Å². The van der Waals surface area contributed by atoms with Crippen LogP contribution in [0, 0.1) is 0 Å². The number of sulfonamides is 1. The van der Waals surface area contributed by atoms with Gasteiger partial charge in [0.25, 0.3) is 0 Å². The zero-order chi connectivity index (χ0) is 20.9. The number of amides is 2. The van der Waals surface area contributed by atoms with Crippen LogP contribution in [0.3, 0.4) is 0 Å². The Labute approximate surface area is 164 Å². The smallest absolute Gasteiger partial charge is 0.248 e. The van der Waals surface area contributed by atoms with Crippen LogP contribution in [-0.4, -0.2) is 44.2 Å². The first-order valence-electron chi connectivity index (χ1n) is 8.63. The molecule has 2 aromatic rings. The van der Waals surface area contributed by atoms with Crippen molar-refractivity contribution in [3.05, 3.63) is 54.1 Å². The monoisotopic (exact) mass is 404 g/mol. The van der Waals surface area contributed by atoms with Crippen LogP contribution < -0.4 is 16.4 Å². The maximum atomic E-state index is 12.4. The second kappa shape index (κ2) is 8.85. The SMILES string of the molecule is CC(C)N(C)S(=O)(=O)c1ccc(NCC(=O)Nc2ccc(C(N)=O)cc2)cc1. The van der Waals surface area contributed by atoms with E-state index in [1.54, 1.807) is 38.1 Å². The fraction of sp³-hybridized carbons (Fsp3) is 0.263. The van der Waals surface area contributed by atoms with Crippen LogP contribution in [0.4, 0.5) is 11.4 Å². The maximum Gasteiger partial charge on any atom is 0.248 e. The van der Waals surface area contributed by atoms with Gasteiger partial charge in [0.05, 0.1) is 11.4 Å². The Morgan fingerprint density at radius 2 is 1.54 bits per heavy atom. The number of hydrogen-bond acceptors (Lipinski definition) is 5. The number of carbonyl (C=O) groups is 2. The van der Waals surface area contributed by atoms with E-state index < -0.39 is 15.9 Å². The van der Waals surface area contributed by atoms with E-state index in [1.165, 1.54) is 35.6 Å². The number of nitrogens with zero attached hydrogens (tertiary/aromatic N) is 1. The topological polar surface area (TPSA) is 122 Å². The molecule has 2 aromatic carbocycles. The minimum Gasteiger partial charge on any atom is -0.376 e. The first-order valence-corrected chi connectivity index (χ1v) is 10.1. The molecule has 0 spiro atoms. The summed E-state index contributed by atoms with van der Waals surface area (Å²) >= 11 is 0. The maximum absolute atomic E-state index is 12.4. The molecule has 2 amide bonds. The Balaban J connectivity index is 1.94. The highest BCUT2D eigenvalue weighted by atomic mass is 32.2. The summed E-state index contributed by atoms with van der Waals surface area (Å²) in [5.41, 5.74) is 6.68. The lowest BCUT2D eigenvalue weighted by molar-refractivity contribution is -0.114. The Hall–Kier alpha value is -2.91. The molecule has 0 fully saturated rings. The van der Waals surface area contributed by atoms with Crippen molar-refractivity contribution in [1.82, 2.24) is 4.31 Å². The first-order chi connectivity index (χ1) is 13.1. The number of rotatable bonds is 8. The molecule has 0 bridgehead atoms. The van der Waals surface area contributed by atoms with Crippen LogP contribution in [0.2, 0.25) is 0 Å². The molecule has 8 nitrogen and oxygen atoms in total. The molecule has 0 saturated heterocycles. The van der Waals surface area contributed by atoms with Crippen molar-refractivity contribution >= 4 is 33.2 Å². The Kier molecular flexibility index (Phi) is 6.76. The van der Waals surface area contributed by atoms with E-state index >= 15 is 0 Å². The molecule has 0 heterocycles. The number of carbonyl (C=O) groups excluding carboxylic acids is 2. The molecule has 150 valence electrons. The van der Waals surface area contributed by atoms with Crippen molar-refractivity contribution in [2.24, 2.45) is 5.73 Å². The van der Waals surface area contributed by atoms with E-state index in [-0.39, 0.29) is 23.4 Å². The predicted octanol–water partition coefficient (Wildman–Crippen LogP) is 1.86. The number of nitrogens with one attached hydrogen (secondary N) is 2. The van der Waals surface area contributed by atoms with Crippen molar-refractivity contribution in [3.8, 4) is 0 Å². The Bertz CT molecular complexity index is 939. The highest BCUT2D eigenvalue weighted by Gasteiger charge is 2.22. The van der Waals surface area contributed by atoms with Crippen LogP contribution in [0.15, 0.2) is 53.4 Å². The summed E-state index contributed by atoms with van der Waals surface area (Å²) in [6.07, 6.45) is 0. The first kappa shape index (κ1) is 21.4. The normalized spacial score (nSPS) is 11.5. The minimum atomic E-state index is -3.54. The lowest BCUT2D eigenvalue weighted by Gasteiger charge is -2.21. The Morgan fingerprint density at radius 3 is 2.04 bits per heavy atom. The predicted molar refractivity (Wildman–Crippen MR) is 109 cm³/mol. The van der Waals surface area contributed by atoms with Crippen LogP contribution in [0.25, 0.3) is 0 Å². The Morgan fingerprint density at radius 1 is 1.00 bits per heavy atom. The fourth-order valence-electron chi connectivity index (χ4n) is 2.29. The lowest BCUT2D eigenvalue weighted by atomic mass is 10.2. The summed E-state index contributed by atoms with van der Waals surface area (Å²) < 4.78 is 26.2. The number of benzene rings is 2. The zero-order valence-corrected chi connectivity index (χ0v) is 16.8. The average Bonchev–Trinajstić information content (AvgIpc) is 2.66. The fourth-order valence-corrected chi connectivity index (χ4v) is 3.66. The van der Waals surface area contributed by atoms with Gasteiger partial charge in [0.1, 0.15) is 0 Å². The van der Waals surface area contributed by atoms with Gasteiger partial charge in [-0.3, -0.25) is 9.59 Å². The van der Waals surface area contributed by atoms with Gasteiger partial charge in [0.2, 0.25) is 21.8 Å². The molecule has 4 N–H and O–H groups in total. The summed E-state index contributed by atoms with van der Waals surface area (Å²) in [4.78, 5) is 23.3. The van der Waals surface area contributed by atoms with Crippen LogP contribution in [-0.2, 0) is 14.8 Å². The molecule has 0 aromatic heterocycles. The van der Waals surface area contributed by atoms with E-state index in [0.29, 0.717) is 16.9 Å². The number of primary amides is 1. The summed E-state index contributed by atoms with van der Waals surface area (Å²) in [6.45, 7) is 3.59. The van der Waals surface area contributed by atoms with Gasteiger partial charge in [-0.05, 0) is 62.4 Å². The van der Waals surface area contributed by atoms with Crippen LogP contribution in [0.5, 0.6) is 0 Å². The third-order valence-corrected chi connectivity index (χ3v) is 6.21. The summed E-state index contributed by atoms with van der Waals surface area (Å²) in [5, 5.41) is 5.62. The minimum absolute atomic E-state index is 0.00440. The summed E-state index contributed by atoms with van der Waals surface area (Å²) in [6, 6.07) is 12.3. The van der Waals surface area contributed by atoms with E-state index in [2.05, 4.69) is 10.6 Å². The molecule has 0 unspecified atom stereocenters. The second-order valence-corrected chi connectivity index (χ2v) is 8.48. The molecule has 0 aliphatic rings. The molecular formula is C19H24N4O4S. The van der Waals surface area contributed by atoms with Crippen LogP contribution in [0.1, 0.15) is 24.2 Å². The van der Waals surface area contributed by atoms with Gasteiger partial charge in [-0.15, -0.1) is 0 Å². The largest absolute Gasteiger partial charge is 0.376 e. The molecular weight excluding hydrogens is 380 g/mol. The molecule has 0 aliphatic carbocycles. The summed E-state index contributed by atoms with van der Waals surface area (Å²) in [5.74, 6) is -0.826. The number of nitrogens with two attached hydrogens (primary N) is 1. The number of hydrogen-bond donors (Lipinski definition) is 3. The highest BCUT2D eigenvalue weighted by molar-refractivity contribution is 7.89. The third kappa shape index (κ3) is 5.30. The van der Waals surface area contributed by atoms with E-state index in [9.17, 15) is 18.0 Å². The van der Waals surface area contributed by atoms with Gasteiger partial charge in [0.15, 0.2) is 0 Å². The molecule has 9 heteroatoms. The van der Waals surface area contributed by atoms with Gasteiger partial charge < -0.3 is 16.4 Å². The van der Waals surface area contributed by atoms with Crippen molar-refractivity contribution in [3.63, 3.8) is 0 Å². The van der Waals surface area contributed by atoms with E-state index in [4.69, 9.17) is 5.73 Å². The second-order valence-electron chi connectivity index (χ2n) is 6.48. The standard InChI is InChI=1S/C19H24N4O4S/c1-13(2)23(3)28(26,27)17-10-8-15(9-11-17)21-12-18(24)22-16-6-4-14(5-7-16)19(20)25/h4-11,13,21H,12H2,1-3H3,(H2,20,25)(H,22,24). The zero-order valence-electron chi connectivity index (χ0n) is 16.0. The quantitative estimate of drug-likeness (QED) is 0.620.